The van der Waals surface area contributed by atoms with Gasteiger partial charge in [0.25, 0.3) is 5.22 Å². The third kappa shape index (κ3) is 5.27. The van der Waals surface area contributed by atoms with Gasteiger partial charge in [-0.2, -0.15) is 0 Å². The lowest BCUT2D eigenvalue weighted by atomic mass is 10.1. The summed E-state index contributed by atoms with van der Waals surface area (Å²) >= 11 is 1.19. The van der Waals surface area contributed by atoms with Crippen LogP contribution in [0.1, 0.15) is 5.56 Å². The fraction of sp³-hybridized carbons (Fsp3) is 0.0870. The van der Waals surface area contributed by atoms with Gasteiger partial charge in [-0.05, 0) is 55.5 Å². The third-order valence-electron chi connectivity index (χ3n) is 4.15. The minimum absolute atomic E-state index is 0.160. The molecule has 6 nitrogen and oxygen atoms in total. The van der Waals surface area contributed by atoms with Gasteiger partial charge in [-0.1, -0.05) is 47.7 Å². The van der Waals surface area contributed by atoms with Crippen LogP contribution in [-0.4, -0.2) is 21.9 Å². The number of thioether (sulfide) groups is 1. The van der Waals surface area contributed by atoms with Crippen molar-refractivity contribution in [3.8, 4) is 23.0 Å². The molecular formula is C23H19N3O3S. The number of carbonyl (C=O) groups is 1. The second kappa shape index (κ2) is 9.28. The molecule has 0 saturated carbocycles. The number of amides is 1. The monoisotopic (exact) mass is 417 g/mol. The van der Waals surface area contributed by atoms with Crippen molar-refractivity contribution < 1.29 is 13.9 Å². The van der Waals surface area contributed by atoms with Crippen molar-refractivity contribution in [1.29, 1.82) is 0 Å². The summed E-state index contributed by atoms with van der Waals surface area (Å²) in [5.41, 5.74) is 2.69. The van der Waals surface area contributed by atoms with E-state index in [9.17, 15) is 4.79 Å². The largest absolute Gasteiger partial charge is 0.457 e. The highest BCUT2D eigenvalue weighted by Gasteiger charge is 2.11. The number of aromatic nitrogens is 2. The summed E-state index contributed by atoms with van der Waals surface area (Å²) in [7, 11) is 0. The second-order valence-corrected chi connectivity index (χ2v) is 7.44. The first-order valence-electron chi connectivity index (χ1n) is 9.32. The molecule has 0 saturated heterocycles. The van der Waals surface area contributed by atoms with Crippen molar-refractivity contribution >= 4 is 23.4 Å². The molecule has 1 aromatic heterocycles. The van der Waals surface area contributed by atoms with E-state index in [2.05, 4.69) is 15.5 Å². The summed E-state index contributed by atoms with van der Waals surface area (Å²) in [6.07, 6.45) is 0. The first-order chi connectivity index (χ1) is 14.7. The van der Waals surface area contributed by atoms with Gasteiger partial charge >= 0.3 is 0 Å². The van der Waals surface area contributed by atoms with E-state index in [0.29, 0.717) is 22.6 Å². The molecule has 0 aliphatic carbocycles. The Labute approximate surface area is 178 Å². The molecule has 0 aliphatic heterocycles. The number of anilines is 1. The van der Waals surface area contributed by atoms with Crippen LogP contribution < -0.4 is 10.1 Å². The lowest BCUT2D eigenvalue weighted by Crippen LogP contribution is -2.13. The zero-order valence-electron chi connectivity index (χ0n) is 16.2. The van der Waals surface area contributed by atoms with Gasteiger partial charge < -0.3 is 14.5 Å². The number of para-hydroxylation sites is 1. The van der Waals surface area contributed by atoms with E-state index in [4.69, 9.17) is 9.15 Å². The quantitative estimate of drug-likeness (QED) is 0.396. The summed E-state index contributed by atoms with van der Waals surface area (Å²) in [5.74, 6) is 1.90. The Morgan fingerprint density at radius 1 is 0.933 bits per heavy atom. The smallest absolute Gasteiger partial charge is 0.277 e. The Bertz CT molecular complexity index is 1110. The number of aryl methyl sites for hydroxylation is 1. The SMILES string of the molecule is Cc1ccc(-c2nnc(SCC(=O)Nc3ccc(Oc4ccccc4)cc3)o2)cc1. The molecule has 1 heterocycles. The molecule has 0 fully saturated rings. The molecule has 3 aromatic carbocycles. The van der Waals surface area contributed by atoms with Crippen LogP contribution in [0.25, 0.3) is 11.5 Å². The van der Waals surface area contributed by atoms with Crippen LogP contribution in [0.15, 0.2) is 88.5 Å². The predicted molar refractivity (Wildman–Crippen MR) is 117 cm³/mol. The van der Waals surface area contributed by atoms with Gasteiger partial charge in [0, 0.05) is 11.3 Å². The van der Waals surface area contributed by atoms with Crippen LogP contribution in [0.5, 0.6) is 11.5 Å². The average molecular weight is 417 g/mol. The number of rotatable bonds is 7. The van der Waals surface area contributed by atoms with Crippen molar-refractivity contribution in [2.24, 2.45) is 0 Å². The van der Waals surface area contributed by atoms with E-state index in [1.165, 1.54) is 11.8 Å². The summed E-state index contributed by atoms with van der Waals surface area (Å²) in [4.78, 5) is 12.2. The zero-order chi connectivity index (χ0) is 20.8. The second-order valence-electron chi connectivity index (χ2n) is 6.52. The molecule has 0 atom stereocenters. The predicted octanol–water partition coefficient (Wildman–Crippen LogP) is 5.57. The number of nitrogens with one attached hydrogen (secondary N) is 1. The fourth-order valence-corrected chi connectivity index (χ4v) is 3.20. The molecule has 30 heavy (non-hydrogen) atoms. The summed E-state index contributed by atoms with van der Waals surface area (Å²) in [6.45, 7) is 2.02. The molecule has 4 rings (SSSR count). The summed E-state index contributed by atoms with van der Waals surface area (Å²) < 4.78 is 11.4. The molecule has 1 N–H and O–H groups in total. The molecule has 150 valence electrons. The van der Waals surface area contributed by atoms with Crippen LogP contribution in [-0.2, 0) is 4.79 Å². The molecule has 0 spiro atoms. The van der Waals surface area contributed by atoms with Crippen LogP contribution in [0, 0.1) is 6.92 Å². The minimum atomic E-state index is -0.160. The Kier molecular flexibility index (Phi) is 6.10. The Balaban J connectivity index is 1.28. The molecule has 4 aromatic rings. The zero-order valence-corrected chi connectivity index (χ0v) is 17.1. The topological polar surface area (TPSA) is 77.2 Å². The van der Waals surface area contributed by atoms with E-state index >= 15 is 0 Å². The highest BCUT2D eigenvalue weighted by molar-refractivity contribution is 7.99. The maximum Gasteiger partial charge on any atom is 0.277 e. The maximum absolute atomic E-state index is 12.2. The number of hydrogen-bond acceptors (Lipinski definition) is 6. The number of hydrogen-bond donors (Lipinski definition) is 1. The van der Waals surface area contributed by atoms with E-state index < -0.39 is 0 Å². The number of carbonyl (C=O) groups excluding carboxylic acids is 1. The number of benzene rings is 3. The van der Waals surface area contributed by atoms with E-state index in [1.807, 2.05) is 73.7 Å². The van der Waals surface area contributed by atoms with Crippen molar-refractivity contribution in [2.75, 3.05) is 11.1 Å². The Morgan fingerprint density at radius 2 is 1.63 bits per heavy atom. The summed E-state index contributed by atoms with van der Waals surface area (Å²) in [5, 5.41) is 11.2. The lowest BCUT2D eigenvalue weighted by Gasteiger charge is -2.07. The van der Waals surface area contributed by atoms with Gasteiger partial charge in [0.05, 0.1) is 5.75 Å². The van der Waals surface area contributed by atoms with Gasteiger partial charge in [-0.15, -0.1) is 10.2 Å². The summed E-state index contributed by atoms with van der Waals surface area (Å²) in [6, 6.07) is 24.5. The van der Waals surface area contributed by atoms with Crippen molar-refractivity contribution in [2.45, 2.75) is 12.1 Å². The van der Waals surface area contributed by atoms with Crippen LogP contribution >= 0.6 is 11.8 Å². The van der Waals surface area contributed by atoms with Crippen molar-refractivity contribution in [3.05, 3.63) is 84.4 Å². The highest BCUT2D eigenvalue weighted by Crippen LogP contribution is 2.25. The fourth-order valence-electron chi connectivity index (χ4n) is 2.64. The molecule has 0 radical (unpaired) electrons. The van der Waals surface area contributed by atoms with Crippen LogP contribution in [0.2, 0.25) is 0 Å². The van der Waals surface area contributed by atoms with Crippen LogP contribution in [0.3, 0.4) is 0 Å². The molecule has 0 unspecified atom stereocenters. The average Bonchev–Trinajstić information content (AvgIpc) is 3.24. The van der Waals surface area contributed by atoms with Gasteiger partial charge in [0.2, 0.25) is 11.8 Å². The van der Waals surface area contributed by atoms with E-state index in [0.717, 1.165) is 16.9 Å². The minimum Gasteiger partial charge on any atom is -0.457 e. The third-order valence-corrected chi connectivity index (χ3v) is 4.97. The van der Waals surface area contributed by atoms with Gasteiger partial charge in [-0.25, -0.2) is 0 Å². The van der Waals surface area contributed by atoms with Gasteiger partial charge in [0.1, 0.15) is 11.5 Å². The first kappa shape index (κ1) is 19.7. The highest BCUT2D eigenvalue weighted by atomic mass is 32.2. The van der Waals surface area contributed by atoms with Gasteiger partial charge in [-0.3, -0.25) is 4.79 Å². The molecule has 7 heteroatoms. The normalized spacial score (nSPS) is 10.6. The van der Waals surface area contributed by atoms with Gasteiger partial charge in [0.15, 0.2) is 0 Å². The van der Waals surface area contributed by atoms with E-state index in [1.54, 1.807) is 12.1 Å². The first-order valence-corrected chi connectivity index (χ1v) is 10.3. The van der Waals surface area contributed by atoms with Crippen LogP contribution in [0.4, 0.5) is 5.69 Å². The Hall–Kier alpha value is -3.58. The van der Waals surface area contributed by atoms with Crippen molar-refractivity contribution in [3.63, 3.8) is 0 Å². The maximum atomic E-state index is 12.2. The van der Waals surface area contributed by atoms with Crippen molar-refractivity contribution in [1.82, 2.24) is 10.2 Å². The molecule has 1 amide bonds. The number of nitrogens with zero attached hydrogens (tertiary/aromatic N) is 2. The molecule has 0 aliphatic rings. The Morgan fingerprint density at radius 3 is 2.37 bits per heavy atom. The molecular weight excluding hydrogens is 398 g/mol. The molecule has 0 bridgehead atoms. The van der Waals surface area contributed by atoms with E-state index in [-0.39, 0.29) is 11.7 Å². The lowest BCUT2D eigenvalue weighted by molar-refractivity contribution is -0.113. The standard InChI is InChI=1S/C23H19N3O3S/c1-16-7-9-17(10-8-16)22-25-26-23(29-22)30-15-21(27)24-18-11-13-20(14-12-18)28-19-5-3-2-4-6-19/h2-14H,15H2,1H3,(H,24,27). The number of ether oxygens (including phenoxy) is 1.